The van der Waals surface area contributed by atoms with Crippen molar-refractivity contribution in [2.75, 3.05) is 32.7 Å². The maximum absolute atomic E-state index is 11.9. The van der Waals surface area contributed by atoms with Gasteiger partial charge in [0.25, 0.3) is 0 Å². The predicted octanol–water partition coefficient (Wildman–Crippen LogP) is 1.07. The summed E-state index contributed by atoms with van der Waals surface area (Å²) in [5.41, 5.74) is 6.77. The van der Waals surface area contributed by atoms with E-state index < -0.39 is 0 Å². The zero-order chi connectivity index (χ0) is 13.5. The molecule has 0 aromatic heterocycles. The Morgan fingerprint density at radius 1 is 1.11 bits per heavy atom. The van der Waals surface area contributed by atoms with Gasteiger partial charge < -0.3 is 10.6 Å². The Balaban J connectivity index is 1.75. The van der Waals surface area contributed by atoms with Crippen LogP contribution in [-0.2, 0) is 11.3 Å². The highest BCUT2D eigenvalue weighted by Gasteiger charge is 2.20. The molecule has 1 aliphatic rings. The van der Waals surface area contributed by atoms with Crippen molar-refractivity contribution < 1.29 is 4.79 Å². The van der Waals surface area contributed by atoms with Crippen LogP contribution in [0, 0.1) is 0 Å². The zero-order valence-corrected chi connectivity index (χ0v) is 11.4. The fourth-order valence-electron chi connectivity index (χ4n) is 2.41. The molecule has 2 rings (SSSR count). The fourth-order valence-corrected chi connectivity index (χ4v) is 2.41. The smallest absolute Gasteiger partial charge is 0.222 e. The molecule has 1 aromatic rings. The topological polar surface area (TPSA) is 49.6 Å². The molecule has 0 atom stereocenters. The van der Waals surface area contributed by atoms with Crippen LogP contribution < -0.4 is 5.73 Å². The molecule has 0 aliphatic carbocycles. The first kappa shape index (κ1) is 14.0. The normalized spacial score (nSPS) is 16.6. The molecule has 19 heavy (non-hydrogen) atoms. The van der Waals surface area contributed by atoms with E-state index in [1.807, 2.05) is 11.0 Å². The third kappa shape index (κ3) is 4.33. The molecule has 1 amide bonds. The SMILES string of the molecule is NCCCC(=O)N1CCN(Cc2ccccc2)CC1. The van der Waals surface area contributed by atoms with Gasteiger partial charge in [0.15, 0.2) is 0 Å². The molecule has 1 aromatic carbocycles. The highest BCUT2D eigenvalue weighted by atomic mass is 16.2. The van der Waals surface area contributed by atoms with Crippen LogP contribution in [0.2, 0.25) is 0 Å². The average molecular weight is 261 g/mol. The van der Waals surface area contributed by atoms with E-state index in [9.17, 15) is 4.79 Å². The monoisotopic (exact) mass is 261 g/mol. The minimum Gasteiger partial charge on any atom is -0.340 e. The molecule has 1 aliphatic heterocycles. The van der Waals surface area contributed by atoms with E-state index in [4.69, 9.17) is 5.73 Å². The number of rotatable bonds is 5. The summed E-state index contributed by atoms with van der Waals surface area (Å²) in [5, 5.41) is 0. The standard InChI is InChI=1S/C15H23N3O/c16-8-4-7-15(19)18-11-9-17(10-12-18)13-14-5-2-1-3-6-14/h1-3,5-6H,4,7-13,16H2. The van der Waals surface area contributed by atoms with Gasteiger partial charge in [-0.05, 0) is 18.5 Å². The van der Waals surface area contributed by atoms with E-state index in [0.29, 0.717) is 13.0 Å². The van der Waals surface area contributed by atoms with Gasteiger partial charge in [0.1, 0.15) is 0 Å². The third-order valence-electron chi connectivity index (χ3n) is 3.57. The number of carbonyl (C=O) groups excluding carboxylic acids is 1. The van der Waals surface area contributed by atoms with Crippen molar-refractivity contribution in [1.29, 1.82) is 0 Å². The number of piperazine rings is 1. The first-order valence-corrected chi connectivity index (χ1v) is 7.03. The van der Waals surface area contributed by atoms with Crippen LogP contribution in [-0.4, -0.2) is 48.4 Å². The highest BCUT2D eigenvalue weighted by molar-refractivity contribution is 5.76. The lowest BCUT2D eigenvalue weighted by Crippen LogP contribution is -2.48. The van der Waals surface area contributed by atoms with E-state index in [1.54, 1.807) is 0 Å². The largest absolute Gasteiger partial charge is 0.340 e. The minimum absolute atomic E-state index is 0.254. The summed E-state index contributed by atoms with van der Waals surface area (Å²) in [4.78, 5) is 16.2. The van der Waals surface area contributed by atoms with Crippen LogP contribution in [0.25, 0.3) is 0 Å². The molecule has 0 unspecified atom stereocenters. The van der Waals surface area contributed by atoms with Gasteiger partial charge in [0.05, 0.1) is 0 Å². The predicted molar refractivity (Wildman–Crippen MR) is 76.6 cm³/mol. The lowest BCUT2D eigenvalue weighted by atomic mass is 10.2. The van der Waals surface area contributed by atoms with Gasteiger partial charge in [-0.2, -0.15) is 0 Å². The third-order valence-corrected chi connectivity index (χ3v) is 3.57. The van der Waals surface area contributed by atoms with Crippen LogP contribution >= 0.6 is 0 Å². The molecule has 0 saturated carbocycles. The molecule has 2 N–H and O–H groups in total. The van der Waals surface area contributed by atoms with E-state index in [1.165, 1.54) is 5.56 Å². The Morgan fingerprint density at radius 2 is 1.79 bits per heavy atom. The van der Waals surface area contributed by atoms with Crippen molar-refractivity contribution in [2.24, 2.45) is 5.73 Å². The number of nitrogens with zero attached hydrogens (tertiary/aromatic N) is 2. The minimum atomic E-state index is 0.254. The average Bonchev–Trinajstić information content (AvgIpc) is 2.46. The lowest BCUT2D eigenvalue weighted by Gasteiger charge is -2.34. The van der Waals surface area contributed by atoms with Gasteiger partial charge in [-0.25, -0.2) is 0 Å². The van der Waals surface area contributed by atoms with Crippen molar-refractivity contribution >= 4 is 5.91 Å². The van der Waals surface area contributed by atoms with Crippen molar-refractivity contribution in [3.8, 4) is 0 Å². The molecule has 4 nitrogen and oxygen atoms in total. The number of benzene rings is 1. The second kappa shape index (κ2) is 7.26. The van der Waals surface area contributed by atoms with Gasteiger partial charge >= 0.3 is 0 Å². The Kier molecular flexibility index (Phi) is 5.36. The molecule has 0 radical (unpaired) electrons. The Hall–Kier alpha value is -1.39. The Bertz CT molecular complexity index is 386. The zero-order valence-electron chi connectivity index (χ0n) is 11.4. The quantitative estimate of drug-likeness (QED) is 0.862. The summed E-state index contributed by atoms with van der Waals surface area (Å²) in [6.45, 7) is 5.18. The molecule has 0 spiro atoms. The second-order valence-electron chi connectivity index (χ2n) is 5.03. The van der Waals surface area contributed by atoms with Crippen molar-refractivity contribution in [1.82, 2.24) is 9.80 Å². The molecule has 4 heteroatoms. The number of nitrogens with two attached hydrogens (primary N) is 1. The maximum atomic E-state index is 11.9. The van der Waals surface area contributed by atoms with E-state index >= 15 is 0 Å². The summed E-state index contributed by atoms with van der Waals surface area (Å²) in [5.74, 6) is 0.254. The van der Waals surface area contributed by atoms with Gasteiger partial charge in [-0.15, -0.1) is 0 Å². The molecule has 1 saturated heterocycles. The summed E-state index contributed by atoms with van der Waals surface area (Å²) in [6.07, 6.45) is 1.39. The molecule has 1 heterocycles. The van der Waals surface area contributed by atoms with Crippen molar-refractivity contribution in [3.63, 3.8) is 0 Å². The molecular formula is C15H23N3O. The highest BCUT2D eigenvalue weighted by Crippen LogP contribution is 2.09. The van der Waals surface area contributed by atoms with Crippen LogP contribution in [0.15, 0.2) is 30.3 Å². The van der Waals surface area contributed by atoms with Crippen LogP contribution in [0.4, 0.5) is 0 Å². The molecule has 1 fully saturated rings. The summed E-state index contributed by atoms with van der Waals surface area (Å²) >= 11 is 0. The van der Waals surface area contributed by atoms with E-state index in [-0.39, 0.29) is 5.91 Å². The lowest BCUT2D eigenvalue weighted by molar-refractivity contribution is -0.133. The number of amides is 1. The Morgan fingerprint density at radius 3 is 2.42 bits per heavy atom. The van der Waals surface area contributed by atoms with E-state index in [2.05, 4.69) is 29.2 Å². The van der Waals surface area contributed by atoms with Gasteiger partial charge in [-0.3, -0.25) is 9.69 Å². The van der Waals surface area contributed by atoms with Gasteiger partial charge in [-0.1, -0.05) is 30.3 Å². The van der Waals surface area contributed by atoms with Crippen molar-refractivity contribution in [2.45, 2.75) is 19.4 Å². The summed E-state index contributed by atoms with van der Waals surface area (Å²) in [6, 6.07) is 10.5. The first-order chi connectivity index (χ1) is 9.29. The molecule has 104 valence electrons. The van der Waals surface area contributed by atoms with Crippen LogP contribution in [0.1, 0.15) is 18.4 Å². The van der Waals surface area contributed by atoms with Crippen molar-refractivity contribution in [3.05, 3.63) is 35.9 Å². The number of carbonyl (C=O) groups is 1. The first-order valence-electron chi connectivity index (χ1n) is 7.03. The van der Waals surface area contributed by atoms with Gasteiger partial charge in [0, 0.05) is 39.1 Å². The summed E-state index contributed by atoms with van der Waals surface area (Å²) in [7, 11) is 0. The van der Waals surface area contributed by atoms with Crippen LogP contribution in [0.5, 0.6) is 0 Å². The summed E-state index contributed by atoms with van der Waals surface area (Å²) < 4.78 is 0. The van der Waals surface area contributed by atoms with E-state index in [0.717, 1.165) is 39.1 Å². The van der Waals surface area contributed by atoms with Crippen LogP contribution in [0.3, 0.4) is 0 Å². The number of hydrogen-bond donors (Lipinski definition) is 1. The fraction of sp³-hybridized carbons (Fsp3) is 0.533. The number of hydrogen-bond acceptors (Lipinski definition) is 3. The second-order valence-corrected chi connectivity index (χ2v) is 5.03. The maximum Gasteiger partial charge on any atom is 0.222 e. The Labute approximate surface area is 115 Å². The van der Waals surface area contributed by atoms with Gasteiger partial charge in [0.2, 0.25) is 5.91 Å². The molecule has 0 bridgehead atoms. The molecular weight excluding hydrogens is 238 g/mol.